The second-order valence-corrected chi connectivity index (χ2v) is 4.87. The van der Waals surface area contributed by atoms with E-state index in [2.05, 4.69) is 9.97 Å². The standard InChI is InChI=1S/C14H15N3O2/c1-17-11-7-4-8-15-12(11)16-13(17)9-5-2-3-6-10(9)14(18)19/h2-4,7-10H,5-6H2,1H3,(H,18,19)/t9-,10+/m1/s1. The number of rotatable bonds is 2. The molecule has 0 unspecified atom stereocenters. The summed E-state index contributed by atoms with van der Waals surface area (Å²) in [7, 11) is 1.92. The number of nitrogens with zero attached hydrogens (tertiary/aromatic N) is 3. The number of hydrogen-bond donors (Lipinski definition) is 1. The predicted octanol–water partition coefficient (Wildman–Crippen LogP) is 2.10. The van der Waals surface area contributed by atoms with Gasteiger partial charge in [-0.25, -0.2) is 9.97 Å². The Balaban J connectivity index is 2.10. The van der Waals surface area contributed by atoms with Crippen LogP contribution in [0.2, 0.25) is 0 Å². The van der Waals surface area contributed by atoms with Crippen molar-refractivity contribution in [3.8, 4) is 0 Å². The zero-order chi connectivity index (χ0) is 13.4. The molecule has 2 aromatic rings. The number of carboxylic acids is 1. The summed E-state index contributed by atoms with van der Waals surface area (Å²) in [6.07, 6.45) is 6.96. The second-order valence-electron chi connectivity index (χ2n) is 4.87. The predicted molar refractivity (Wildman–Crippen MR) is 70.7 cm³/mol. The Bertz CT molecular complexity index is 660. The van der Waals surface area contributed by atoms with Crippen molar-refractivity contribution in [1.82, 2.24) is 14.5 Å². The van der Waals surface area contributed by atoms with E-state index in [4.69, 9.17) is 0 Å². The first kappa shape index (κ1) is 11.9. The lowest BCUT2D eigenvalue weighted by molar-refractivity contribution is -0.142. The number of aryl methyl sites for hydroxylation is 1. The molecule has 2 atom stereocenters. The van der Waals surface area contributed by atoms with Crippen LogP contribution in [0.15, 0.2) is 30.5 Å². The first-order valence-corrected chi connectivity index (χ1v) is 6.33. The molecule has 2 heterocycles. The number of carbonyl (C=O) groups is 1. The normalized spacial score (nSPS) is 22.8. The van der Waals surface area contributed by atoms with Gasteiger partial charge in [0.15, 0.2) is 5.65 Å². The second kappa shape index (κ2) is 4.50. The third kappa shape index (κ3) is 1.91. The van der Waals surface area contributed by atoms with Crippen LogP contribution in [0.4, 0.5) is 0 Å². The minimum Gasteiger partial charge on any atom is -0.481 e. The molecule has 1 N–H and O–H groups in total. The SMILES string of the molecule is Cn1c([C@@H]2CC=CC[C@@H]2C(=O)O)nc2ncccc21. The smallest absolute Gasteiger partial charge is 0.307 e. The molecule has 0 bridgehead atoms. The molecule has 0 radical (unpaired) electrons. The molecule has 2 aromatic heterocycles. The van der Waals surface area contributed by atoms with Crippen LogP contribution in [0.25, 0.3) is 11.2 Å². The fourth-order valence-electron chi connectivity index (χ4n) is 2.75. The number of aromatic nitrogens is 3. The van der Waals surface area contributed by atoms with Gasteiger partial charge in [0.25, 0.3) is 0 Å². The molecule has 0 saturated carbocycles. The number of carboxylic acid groups (broad SMARTS) is 1. The van der Waals surface area contributed by atoms with Gasteiger partial charge in [-0.2, -0.15) is 0 Å². The van der Waals surface area contributed by atoms with Crippen LogP contribution >= 0.6 is 0 Å². The summed E-state index contributed by atoms with van der Waals surface area (Å²) in [5.74, 6) is -0.429. The van der Waals surface area contributed by atoms with Gasteiger partial charge in [-0.1, -0.05) is 12.2 Å². The molecule has 0 aromatic carbocycles. The number of imidazole rings is 1. The van der Waals surface area contributed by atoms with Crippen molar-refractivity contribution in [3.05, 3.63) is 36.3 Å². The Morgan fingerprint density at radius 3 is 2.95 bits per heavy atom. The van der Waals surface area contributed by atoms with Crippen molar-refractivity contribution in [3.63, 3.8) is 0 Å². The molecule has 0 spiro atoms. The highest BCUT2D eigenvalue weighted by atomic mass is 16.4. The molecule has 0 fully saturated rings. The lowest BCUT2D eigenvalue weighted by Gasteiger charge is -2.24. The minimum atomic E-state index is -0.755. The quantitative estimate of drug-likeness (QED) is 0.836. The van der Waals surface area contributed by atoms with Crippen LogP contribution in [-0.4, -0.2) is 25.6 Å². The highest BCUT2D eigenvalue weighted by Gasteiger charge is 2.33. The molecular formula is C14H15N3O2. The largest absolute Gasteiger partial charge is 0.481 e. The van der Waals surface area contributed by atoms with E-state index in [1.807, 2.05) is 35.9 Å². The molecule has 19 heavy (non-hydrogen) atoms. The van der Waals surface area contributed by atoms with Crippen LogP contribution in [0.1, 0.15) is 24.6 Å². The molecule has 1 aliphatic rings. The molecule has 3 rings (SSSR count). The molecule has 5 nitrogen and oxygen atoms in total. The molecule has 5 heteroatoms. The zero-order valence-electron chi connectivity index (χ0n) is 10.7. The fourth-order valence-corrected chi connectivity index (χ4v) is 2.75. The van der Waals surface area contributed by atoms with Gasteiger partial charge in [0, 0.05) is 19.2 Å². The Morgan fingerprint density at radius 1 is 1.42 bits per heavy atom. The Kier molecular flexibility index (Phi) is 2.81. The topological polar surface area (TPSA) is 68.0 Å². The highest BCUT2D eigenvalue weighted by Crippen LogP contribution is 2.35. The van der Waals surface area contributed by atoms with E-state index in [1.165, 1.54) is 0 Å². The summed E-state index contributed by atoms with van der Waals surface area (Å²) in [6, 6.07) is 3.82. The highest BCUT2D eigenvalue weighted by molar-refractivity contribution is 5.74. The Morgan fingerprint density at radius 2 is 2.21 bits per heavy atom. The Hall–Kier alpha value is -2.17. The van der Waals surface area contributed by atoms with Gasteiger partial charge >= 0.3 is 5.97 Å². The van der Waals surface area contributed by atoms with Gasteiger partial charge in [0.05, 0.1) is 11.4 Å². The maximum atomic E-state index is 11.4. The van der Waals surface area contributed by atoms with Gasteiger partial charge in [0.1, 0.15) is 5.82 Å². The minimum absolute atomic E-state index is 0.0818. The average molecular weight is 257 g/mol. The first-order valence-electron chi connectivity index (χ1n) is 6.33. The maximum absolute atomic E-state index is 11.4. The van der Waals surface area contributed by atoms with Crippen LogP contribution < -0.4 is 0 Å². The molecule has 0 saturated heterocycles. The number of fused-ring (bicyclic) bond motifs is 1. The summed E-state index contributed by atoms with van der Waals surface area (Å²) >= 11 is 0. The van der Waals surface area contributed by atoms with Crippen LogP contribution in [0.5, 0.6) is 0 Å². The Labute approximate surface area is 110 Å². The van der Waals surface area contributed by atoms with E-state index in [0.717, 1.165) is 11.3 Å². The number of pyridine rings is 1. The van der Waals surface area contributed by atoms with Gasteiger partial charge in [-0.15, -0.1) is 0 Å². The van der Waals surface area contributed by atoms with Crippen molar-refractivity contribution in [2.45, 2.75) is 18.8 Å². The van der Waals surface area contributed by atoms with E-state index in [0.29, 0.717) is 18.5 Å². The molecular weight excluding hydrogens is 242 g/mol. The first-order chi connectivity index (χ1) is 9.18. The van der Waals surface area contributed by atoms with E-state index in [-0.39, 0.29) is 5.92 Å². The van der Waals surface area contributed by atoms with Crippen LogP contribution in [0, 0.1) is 5.92 Å². The van der Waals surface area contributed by atoms with Crippen LogP contribution in [0.3, 0.4) is 0 Å². The van der Waals surface area contributed by atoms with Crippen molar-refractivity contribution in [1.29, 1.82) is 0 Å². The maximum Gasteiger partial charge on any atom is 0.307 e. The fraction of sp³-hybridized carbons (Fsp3) is 0.357. The number of aliphatic carboxylic acids is 1. The summed E-state index contributed by atoms with van der Waals surface area (Å²) in [5, 5.41) is 9.35. The van der Waals surface area contributed by atoms with Crippen molar-refractivity contribution in [2.24, 2.45) is 13.0 Å². The third-order valence-corrected chi connectivity index (χ3v) is 3.77. The average Bonchev–Trinajstić information content (AvgIpc) is 2.76. The third-order valence-electron chi connectivity index (χ3n) is 3.77. The van der Waals surface area contributed by atoms with Crippen molar-refractivity contribution in [2.75, 3.05) is 0 Å². The van der Waals surface area contributed by atoms with E-state index in [9.17, 15) is 9.90 Å². The zero-order valence-corrected chi connectivity index (χ0v) is 10.7. The summed E-state index contributed by atoms with van der Waals surface area (Å²) in [5.41, 5.74) is 1.62. The van der Waals surface area contributed by atoms with Gasteiger partial charge in [-0.3, -0.25) is 4.79 Å². The van der Waals surface area contributed by atoms with E-state index < -0.39 is 11.9 Å². The van der Waals surface area contributed by atoms with E-state index >= 15 is 0 Å². The van der Waals surface area contributed by atoms with Gasteiger partial charge in [-0.05, 0) is 25.0 Å². The summed E-state index contributed by atoms with van der Waals surface area (Å²) < 4.78 is 1.96. The lowest BCUT2D eigenvalue weighted by Crippen LogP contribution is -2.25. The van der Waals surface area contributed by atoms with Gasteiger partial charge in [0.2, 0.25) is 0 Å². The van der Waals surface area contributed by atoms with Gasteiger partial charge < -0.3 is 9.67 Å². The van der Waals surface area contributed by atoms with Crippen molar-refractivity contribution >= 4 is 17.1 Å². The monoisotopic (exact) mass is 257 g/mol. The molecule has 0 aliphatic heterocycles. The molecule has 98 valence electrons. The number of hydrogen-bond acceptors (Lipinski definition) is 3. The lowest BCUT2D eigenvalue weighted by atomic mass is 9.82. The summed E-state index contributed by atoms with van der Waals surface area (Å²) in [4.78, 5) is 20.1. The molecule has 0 amide bonds. The molecule has 1 aliphatic carbocycles. The summed E-state index contributed by atoms with van der Waals surface area (Å²) in [6.45, 7) is 0. The number of allylic oxidation sites excluding steroid dienone is 2. The van der Waals surface area contributed by atoms with E-state index in [1.54, 1.807) is 6.20 Å². The van der Waals surface area contributed by atoms with Crippen LogP contribution in [-0.2, 0) is 11.8 Å². The van der Waals surface area contributed by atoms with Crippen molar-refractivity contribution < 1.29 is 9.90 Å².